The van der Waals surface area contributed by atoms with Crippen molar-refractivity contribution in [3.8, 4) is 0 Å². The number of likely N-dealkylation sites (tertiary alicyclic amines) is 1. The van der Waals surface area contributed by atoms with Gasteiger partial charge in [0.25, 0.3) is 0 Å². The third-order valence-corrected chi connectivity index (χ3v) is 5.02. The maximum absolute atomic E-state index is 12.9. The second kappa shape index (κ2) is 10.6. The van der Waals surface area contributed by atoms with Crippen LogP contribution in [-0.2, 0) is 14.4 Å². The largest absolute Gasteiger partial charge is 0.480 e. The molecule has 0 bridgehead atoms. The number of carboxylic acids is 1. The number of nitrogens with one attached hydrogen (secondary N) is 1. The predicted molar refractivity (Wildman–Crippen MR) is 103 cm³/mol. The molecule has 0 radical (unpaired) electrons. The lowest BCUT2D eigenvalue weighted by molar-refractivity contribution is -0.148. The molecule has 0 aromatic carbocycles. The Kier molecular flexibility index (Phi) is 9.14. The Hall–Kier alpha value is -1.71. The van der Waals surface area contributed by atoms with Crippen molar-refractivity contribution in [2.75, 3.05) is 19.6 Å². The first kappa shape index (κ1) is 23.3. The molecule has 2 atom stereocenters. The molecule has 0 aromatic heterocycles. The van der Waals surface area contributed by atoms with Crippen LogP contribution >= 0.6 is 0 Å². The van der Waals surface area contributed by atoms with Crippen molar-refractivity contribution in [2.45, 2.75) is 70.0 Å². The van der Waals surface area contributed by atoms with Crippen LogP contribution in [0.4, 0.5) is 0 Å². The number of amides is 2. The fourth-order valence-corrected chi connectivity index (χ4v) is 3.20. The van der Waals surface area contributed by atoms with E-state index in [-0.39, 0.29) is 43.7 Å². The molecule has 0 aliphatic carbocycles. The Morgan fingerprint density at radius 1 is 1.19 bits per heavy atom. The summed E-state index contributed by atoms with van der Waals surface area (Å²) in [6, 6.07) is -1.35. The minimum Gasteiger partial charge on any atom is -0.480 e. The number of unbranched alkanes of at least 4 members (excludes halogenated alkanes) is 1. The van der Waals surface area contributed by atoms with Crippen molar-refractivity contribution in [2.24, 2.45) is 23.1 Å². The zero-order chi connectivity index (χ0) is 20.6. The summed E-state index contributed by atoms with van der Waals surface area (Å²) in [5.74, 6) is -1.34. The lowest BCUT2D eigenvalue weighted by Gasteiger charge is -2.38. The molecule has 1 fully saturated rings. The molecule has 0 aromatic rings. The van der Waals surface area contributed by atoms with Gasteiger partial charge < -0.3 is 32.5 Å². The molecule has 27 heavy (non-hydrogen) atoms. The molecule has 1 saturated heterocycles. The minimum absolute atomic E-state index is 0.185. The zero-order valence-corrected chi connectivity index (χ0v) is 16.4. The van der Waals surface area contributed by atoms with Gasteiger partial charge in [0.15, 0.2) is 0 Å². The van der Waals surface area contributed by atoms with Crippen molar-refractivity contribution < 1.29 is 19.5 Å². The minimum atomic E-state index is -1.30. The van der Waals surface area contributed by atoms with Crippen LogP contribution in [0.15, 0.2) is 0 Å². The van der Waals surface area contributed by atoms with E-state index in [0.29, 0.717) is 25.8 Å². The molecule has 0 unspecified atom stereocenters. The van der Waals surface area contributed by atoms with Crippen LogP contribution in [0, 0.1) is 5.92 Å². The molecule has 1 rings (SSSR count). The molecule has 9 heteroatoms. The first-order valence-electron chi connectivity index (χ1n) is 9.67. The number of aliphatic carboxylic acids is 1. The van der Waals surface area contributed by atoms with Crippen molar-refractivity contribution in [1.82, 2.24) is 10.2 Å². The van der Waals surface area contributed by atoms with Crippen LogP contribution in [0.3, 0.4) is 0 Å². The summed E-state index contributed by atoms with van der Waals surface area (Å²) in [7, 11) is 0. The molecule has 0 spiro atoms. The number of hydrogen-bond acceptors (Lipinski definition) is 6. The molecule has 1 aliphatic heterocycles. The quantitative estimate of drug-likeness (QED) is 0.312. The van der Waals surface area contributed by atoms with Crippen molar-refractivity contribution in [3.63, 3.8) is 0 Å². The third-order valence-electron chi connectivity index (χ3n) is 5.02. The van der Waals surface area contributed by atoms with E-state index in [2.05, 4.69) is 5.32 Å². The van der Waals surface area contributed by atoms with E-state index in [1.807, 2.05) is 13.8 Å². The second-order valence-corrected chi connectivity index (χ2v) is 7.87. The van der Waals surface area contributed by atoms with Gasteiger partial charge >= 0.3 is 5.97 Å². The van der Waals surface area contributed by atoms with Gasteiger partial charge in [-0.3, -0.25) is 14.4 Å². The predicted octanol–water partition coefficient (Wildman–Crippen LogP) is -0.622. The van der Waals surface area contributed by atoms with Gasteiger partial charge in [-0.05, 0) is 51.0 Å². The summed E-state index contributed by atoms with van der Waals surface area (Å²) < 4.78 is 0. The van der Waals surface area contributed by atoms with Crippen LogP contribution in [0.25, 0.3) is 0 Å². The number of carboxylic acid groups (broad SMARTS) is 1. The maximum Gasteiger partial charge on any atom is 0.323 e. The van der Waals surface area contributed by atoms with E-state index in [1.165, 1.54) is 0 Å². The maximum atomic E-state index is 12.9. The van der Waals surface area contributed by atoms with Gasteiger partial charge in [-0.25, -0.2) is 0 Å². The normalized spacial score (nSPS) is 18.8. The Balaban J connectivity index is 2.73. The Morgan fingerprint density at radius 2 is 1.78 bits per heavy atom. The summed E-state index contributed by atoms with van der Waals surface area (Å²) >= 11 is 0. The van der Waals surface area contributed by atoms with Gasteiger partial charge in [-0.2, -0.15) is 0 Å². The Bertz CT molecular complexity index is 518. The highest BCUT2D eigenvalue weighted by Gasteiger charge is 2.40. The number of piperidine rings is 1. The molecule has 1 heterocycles. The lowest BCUT2D eigenvalue weighted by Crippen LogP contribution is -2.59. The monoisotopic (exact) mass is 385 g/mol. The fraction of sp³-hybridized carbons (Fsp3) is 0.833. The smallest absolute Gasteiger partial charge is 0.323 e. The van der Waals surface area contributed by atoms with Gasteiger partial charge in [0.05, 0.1) is 6.04 Å². The third kappa shape index (κ3) is 7.08. The molecular weight excluding hydrogens is 350 g/mol. The molecule has 0 saturated carbocycles. The SMILES string of the molecule is CC(C)C[C@@H](N)C(=O)N[C@H](CCCCN)C(=O)N1CCC(N)(C(=O)O)CC1. The fourth-order valence-electron chi connectivity index (χ4n) is 3.20. The van der Waals surface area contributed by atoms with E-state index in [0.717, 1.165) is 6.42 Å². The van der Waals surface area contributed by atoms with Crippen LogP contribution in [-0.4, -0.2) is 65.0 Å². The van der Waals surface area contributed by atoms with Gasteiger partial charge in [-0.15, -0.1) is 0 Å². The molecule has 8 N–H and O–H groups in total. The highest BCUT2D eigenvalue weighted by molar-refractivity contribution is 5.90. The first-order chi connectivity index (χ1) is 12.6. The topological polar surface area (TPSA) is 165 Å². The average Bonchev–Trinajstić information content (AvgIpc) is 2.60. The Labute approximate surface area is 161 Å². The number of carbonyl (C=O) groups excluding carboxylic acids is 2. The Morgan fingerprint density at radius 3 is 2.26 bits per heavy atom. The van der Waals surface area contributed by atoms with Crippen LogP contribution in [0.5, 0.6) is 0 Å². The summed E-state index contributed by atoms with van der Waals surface area (Å²) in [6.45, 7) is 4.98. The molecule has 156 valence electrons. The van der Waals surface area contributed by atoms with E-state index < -0.39 is 23.6 Å². The highest BCUT2D eigenvalue weighted by Crippen LogP contribution is 2.21. The molecule has 2 amide bonds. The number of rotatable bonds is 10. The summed E-state index contributed by atoms with van der Waals surface area (Å²) in [5, 5.41) is 12.0. The first-order valence-corrected chi connectivity index (χ1v) is 9.67. The second-order valence-electron chi connectivity index (χ2n) is 7.87. The van der Waals surface area contributed by atoms with Crippen molar-refractivity contribution in [1.29, 1.82) is 0 Å². The van der Waals surface area contributed by atoms with Gasteiger partial charge in [0.1, 0.15) is 11.6 Å². The van der Waals surface area contributed by atoms with Crippen LogP contribution in [0.2, 0.25) is 0 Å². The van der Waals surface area contributed by atoms with E-state index >= 15 is 0 Å². The van der Waals surface area contributed by atoms with Gasteiger partial charge in [-0.1, -0.05) is 13.8 Å². The summed E-state index contributed by atoms with van der Waals surface area (Å²) in [6.07, 6.45) is 2.83. The van der Waals surface area contributed by atoms with Crippen molar-refractivity contribution >= 4 is 17.8 Å². The standard InChI is InChI=1S/C18H35N5O4/c1-12(2)11-13(20)15(24)22-14(5-3-4-8-19)16(25)23-9-6-18(21,7-10-23)17(26)27/h12-14H,3-11,19-21H2,1-2H3,(H,22,24)(H,26,27)/t13-,14-/m1/s1. The molecule has 9 nitrogen and oxygen atoms in total. The van der Waals surface area contributed by atoms with Crippen molar-refractivity contribution in [3.05, 3.63) is 0 Å². The molecule has 1 aliphatic rings. The number of hydrogen-bond donors (Lipinski definition) is 5. The van der Waals surface area contributed by atoms with Gasteiger partial charge in [0.2, 0.25) is 11.8 Å². The van der Waals surface area contributed by atoms with Crippen LogP contribution < -0.4 is 22.5 Å². The number of nitrogens with zero attached hydrogens (tertiary/aromatic N) is 1. The number of carbonyl (C=O) groups is 3. The molecular formula is C18H35N5O4. The summed E-state index contributed by atoms with van der Waals surface area (Å²) in [4.78, 5) is 38.1. The van der Waals surface area contributed by atoms with E-state index in [9.17, 15) is 19.5 Å². The average molecular weight is 386 g/mol. The highest BCUT2D eigenvalue weighted by atomic mass is 16.4. The summed E-state index contributed by atoms with van der Waals surface area (Å²) in [5.41, 5.74) is 16.0. The van der Waals surface area contributed by atoms with E-state index in [4.69, 9.17) is 17.2 Å². The van der Waals surface area contributed by atoms with Gasteiger partial charge in [0, 0.05) is 13.1 Å². The number of nitrogens with two attached hydrogens (primary N) is 3. The lowest BCUT2D eigenvalue weighted by atomic mass is 9.88. The van der Waals surface area contributed by atoms with Crippen LogP contribution in [0.1, 0.15) is 52.4 Å². The van der Waals surface area contributed by atoms with E-state index in [1.54, 1.807) is 4.90 Å². The zero-order valence-electron chi connectivity index (χ0n) is 16.4.